The summed E-state index contributed by atoms with van der Waals surface area (Å²) in [6, 6.07) is 27.4. The number of piperidine rings is 1. The van der Waals surface area contributed by atoms with Gasteiger partial charge in [-0.1, -0.05) is 73.7 Å². The summed E-state index contributed by atoms with van der Waals surface area (Å²) < 4.78 is 6.24. The smallest absolute Gasteiger partial charge is 0.227 e. The highest BCUT2D eigenvalue weighted by atomic mass is 16.5. The van der Waals surface area contributed by atoms with Gasteiger partial charge in [0.1, 0.15) is 5.75 Å². The van der Waals surface area contributed by atoms with Crippen LogP contribution in [-0.4, -0.2) is 37.0 Å². The first-order chi connectivity index (χ1) is 17.2. The second-order valence-electron chi connectivity index (χ2n) is 10.2. The Labute approximate surface area is 209 Å². The Hall–Kier alpha value is -3.11. The summed E-state index contributed by atoms with van der Waals surface area (Å²) in [5, 5.41) is 0. The lowest BCUT2D eigenvalue weighted by Crippen LogP contribution is -2.37. The molecule has 1 fully saturated rings. The van der Waals surface area contributed by atoms with Crippen LogP contribution in [0.1, 0.15) is 48.8 Å². The third kappa shape index (κ3) is 5.94. The molecule has 0 radical (unpaired) electrons. The zero-order valence-corrected chi connectivity index (χ0v) is 20.7. The molecule has 0 spiro atoms. The number of ether oxygens (including phenoxy) is 1. The van der Waals surface area contributed by atoms with Crippen LogP contribution in [0.15, 0.2) is 78.9 Å². The maximum absolute atomic E-state index is 12.8. The summed E-state index contributed by atoms with van der Waals surface area (Å²) in [5.41, 5.74) is 4.85. The number of hydrogen-bond acceptors (Lipinski definition) is 3. The van der Waals surface area contributed by atoms with Crippen molar-refractivity contribution in [3.05, 3.63) is 95.6 Å². The first kappa shape index (κ1) is 23.6. The van der Waals surface area contributed by atoms with Gasteiger partial charge in [0.05, 0.1) is 18.8 Å². The number of carbonyl (C=O) groups excluding carboxylic acids is 1. The molecular formula is C31H36N2O2. The summed E-state index contributed by atoms with van der Waals surface area (Å²) in [7, 11) is 0. The lowest BCUT2D eigenvalue weighted by Gasteiger charge is -2.33. The molecule has 4 nitrogen and oxygen atoms in total. The molecule has 4 heteroatoms. The van der Waals surface area contributed by atoms with Crippen LogP contribution >= 0.6 is 0 Å². The number of fused-ring (bicyclic) bond motifs is 1. The fourth-order valence-electron chi connectivity index (χ4n) is 5.45. The minimum atomic E-state index is 0.186. The predicted octanol–water partition coefficient (Wildman–Crippen LogP) is 6.06. The maximum atomic E-state index is 12.8. The first-order valence-electron chi connectivity index (χ1n) is 13.0. The van der Waals surface area contributed by atoms with E-state index in [-0.39, 0.29) is 5.91 Å². The summed E-state index contributed by atoms with van der Waals surface area (Å²) in [6.07, 6.45) is 3.83. The van der Waals surface area contributed by atoms with Gasteiger partial charge in [-0.15, -0.1) is 0 Å². The van der Waals surface area contributed by atoms with Crippen LogP contribution in [0, 0.1) is 5.92 Å². The Bertz CT molecular complexity index is 1110. The van der Waals surface area contributed by atoms with Crippen molar-refractivity contribution in [3.63, 3.8) is 0 Å². The lowest BCUT2D eigenvalue weighted by molar-refractivity contribution is -0.119. The minimum Gasteiger partial charge on any atom is -0.493 e. The van der Waals surface area contributed by atoms with Gasteiger partial charge in [0.15, 0.2) is 0 Å². The second kappa shape index (κ2) is 11.1. The van der Waals surface area contributed by atoms with Crippen molar-refractivity contribution >= 4 is 11.6 Å². The topological polar surface area (TPSA) is 32.8 Å². The number of rotatable bonds is 8. The number of carbonyl (C=O) groups is 1. The molecule has 3 aromatic rings. The summed E-state index contributed by atoms with van der Waals surface area (Å²) in [6.45, 7) is 6.92. The monoisotopic (exact) mass is 468 g/mol. The van der Waals surface area contributed by atoms with Gasteiger partial charge < -0.3 is 14.5 Å². The number of anilines is 1. The molecule has 1 atom stereocenters. The quantitative estimate of drug-likeness (QED) is 0.403. The van der Waals surface area contributed by atoms with Gasteiger partial charge in [-0.3, -0.25) is 4.79 Å². The molecular weight excluding hydrogens is 432 g/mol. The van der Waals surface area contributed by atoms with Crippen LogP contribution in [0.5, 0.6) is 5.75 Å². The fourth-order valence-corrected chi connectivity index (χ4v) is 5.45. The molecule has 182 valence electrons. The van der Waals surface area contributed by atoms with Crippen molar-refractivity contribution in [1.82, 2.24) is 4.90 Å². The van der Waals surface area contributed by atoms with E-state index >= 15 is 0 Å². The van der Waals surface area contributed by atoms with E-state index in [1.54, 1.807) is 0 Å². The molecule has 0 bridgehead atoms. The molecule has 2 aliphatic rings. The third-order valence-electron chi connectivity index (χ3n) is 7.40. The second-order valence-corrected chi connectivity index (χ2v) is 10.2. The molecule has 5 rings (SSSR count). The Balaban J connectivity index is 1.15. The van der Waals surface area contributed by atoms with Gasteiger partial charge in [0.25, 0.3) is 0 Å². The van der Waals surface area contributed by atoms with Gasteiger partial charge in [0.2, 0.25) is 5.91 Å². The molecule has 1 saturated heterocycles. The number of benzene rings is 3. The zero-order chi connectivity index (χ0) is 24.0. The van der Waals surface area contributed by atoms with E-state index in [4.69, 9.17) is 4.74 Å². The molecule has 1 unspecified atom stereocenters. The van der Waals surface area contributed by atoms with Crippen molar-refractivity contribution < 1.29 is 9.53 Å². The van der Waals surface area contributed by atoms with Crippen LogP contribution in [0.25, 0.3) is 0 Å². The molecule has 1 amide bonds. The average Bonchev–Trinajstić information content (AvgIpc) is 2.91. The van der Waals surface area contributed by atoms with Crippen molar-refractivity contribution in [2.24, 2.45) is 5.92 Å². The SMILES string of the molecule is CC(COc1ccc2c(c1)N(Cc1ccccc1)C(=O)CC2)CN1CCC(c2ccccc2)CC1. The lowest BCUT2D eigenvalue weighted by atomic mass is 9.89. The Kier molecular flexibility index (Phi) is 7.48. The minimum absolute atomic E-state index is 0.186. The van der Waals surface area contributed by atoms with E-state index in [2.05, 4.69) is 72.5 Å². The van der Waals surface area contributed by atoms with Crippen LogP contribution in [0.2, 0.25) is 0 Å². The molecule has 2 aliphatic heterocycles. The van der Waals surface area contributed by atoms with E-state index in [9.17, 15) is 4.79 Å². The van der Waals surface area contributed by atoms with Crippen molar-refractivity contribution in [3.8, 4) is 5.75 Å². The number of aryl methyl sites for hydroxylation is 1. The first-order valence-corrected chi connectivity index (χ1v) is 13.0. The molecule has 2 heterocycles. The highest BCUT2D eigenvalue weighted by Gasteiger charge is 2.25. The highest BCUT2D eigenvalue weighted by Crippen LogP contribution is 2.33. The Morgan fingerprint density at radius 3 is 2.37 bits per heavy atom. The van der Waals surface area contributed by atoms with Crippen molar-refractivity contribution in [1.29, 1.82) is 0 Å². The number of likely N-dealkylation sites (tertiary alicyclic amines) is 1. The maximum Gasteiger partial charge on any atom is 0.227 e. The van der Waals surface area contributed by atoms with Gasteiger partial charge in [-0.05, 0) is 61.0 Å². The van der Waals surface area contributed by atoms with Crippen LogP contribution < -0.4 is 9.64 Å². The van der Waals surface area contributed by atoms with Crippen molar-refractivity contribution in [2.45, 2.75) is 45.1 Å². The number of nitrogens with zero attached hydrogens (tertiary/aromatic N) is 2. The van der Waals surface area contributed by atoms with Gasteiger partial charge in [-0.2, -0.15) is 0 Å². The highest BCUT2D eigenvalue weighted by molar-refractivity contribution is 5.96. The summed E-state index contributed by atoms with van der Waals surface area (Å²) >= 11 is 0. The zero-order valence-electron chi connectivity index (χ0n) is 20.7. The largest absolute Gasteiger partial charge is 0.493 e. The molecule has 0 saturated carbocycles. The summed E-state index contributed by atoms with van der Waals surface area (Å²) in [4.78, 5) is 17.3. The van der Waals surface area contributed by atoms with Gasteiger partial charge in [0, 0.05) is 24.9 Å². The Morgan fingerprint density at radius 2 is 1.63 bits per heavy atom. The van der Waals surface area contributed by atoms with E-state index in [1.165, 1.54) is 24.0 Å². The fraction of sp³-hybridized carbons (Fsp3) is 0.387. The van der Waals surface area contributed by atoms with Gasteiger partial charge in [-0.25, -0.2) is 0 Å². The van der Waals surface area contributed by atoms with Crippen LogP contribution in [-0.2, 0) is 17.8 Å². The molecule has 0 aromatic heterocycles. The third-order valence-corrected chi connectivity index (χ3v) is 7.40. The van der Waals surface area contributed by atoms with E-state index in [0.717, 1.165) is 43.1 Å². The molecule has 35 heavy (non-hydrogen) atoms. The molecule has 0 N–H and O–H groups in total. The van der Waals surface area contributed by atoms with Crippen LogP contribution in [0.3, 0.4) is 0 Å². The standard InChI is InChI=1S/C31H36N2O2/c1-24(21-32-18-16-27(17-19-32)26-10-6-3-7-11-26)23-35-29-14-12-28-13-15-31(34)33(30(28)20-29)22-25-8-4-2-5-9-25/h2-12,14,20,24,27H,13,15-19,21-23H2,1H3. The summed E-state index contributed by atoms with van der Waals surface area (Å²) in [5.74, 6) is 2.18. The van der Waals surface area contributed by atoms with E-state index in [0.29, 0.717) is 31.4 Å². The molecule has 0 aliphatic carbocycles. The van der Waals surface area contributed by atoms with Crippen LogP contribution in [0.4, 0.5) is 5.69 Å². The normalized spacial score (nSPS) is 17.7. The average molecular weight is 469 g/mol. The molecule has 3 aromatic carbocycles. The van der Waals surface area contributed by atoms with Gasteiger partial charge >= 0.3 is 0 Å². The van der Waals surface area contributed by atoms with Crippen molar-refractivity contribution in [2.75, 3.05) is 31.1 Å². The Morgan fingerprint density at radius 1 is 0.914 bits per heavy atom. The van der Waals surface area contributed by atoms with E-state index in [1.807, 2.05) is 23.1 Å². The predicted molar refractivity (Wildman–Crippen MR) is 142 cm³/mol. The number of amides is 1. The number of hydrogen-bond donors (Lipinski definition) is 0. The van der Waals surface area contributed by atoms with E-state index < -0.39 is 0 Å².